The zero-order valence-corrected chi connectivity index (χ0v) is 48.4. The third-order valence-corrected chi connectivity index (χ3v) is 14.6. The standard InChI is InChI=1S/C52H90N14O18/c1-26(2)32(46(74)75)64-51(78)65-33(28-18-23-60-50(56)61-28)44(73)63-34(39(27(3)4)82-31(68)17-14-12-10-8-6-7-9-11-13-15-20-59-49(54)55)43(72)58-22-16-21-57-35(47(76)77)40(84-48-42(80-5)36(69)29(25-53)81-48)41-37(70)38(71)45(83-41)66-24-19-30(67)62-52(66)79/h19,24,26-29,32-42,45,48,57,69-71H,6-18,20-23,25,53H2,1-5H3,(H,58,72)(H,63,73)(H,74,75)(H,76,77)(H4,54,55,59)(H3,56,60,61)(H,62,67,79)(H2,64,65,78)/t28-,29+,32-,33-,34-,35?,36+,37-,38+,39-,40?,41-,42+,45+,48-/m0/s1. The van der Waals surface area contributed by atoms with Crippen molar-refractivity contribution in [1.29, 1.82) is 0 Å². The number of nitrogens with two attached hydrogens (primary N) is 4. The highest BCUT2D eigenvalue weighted by molar-refractivity contribution is 5.94. The predicted octanol–water partition coefficient (Wildman–Crippen LogP) is -3.78. The molecule has 3 aliphatic heterocycles. The van der Waals surface area contributed by atoms with Crippen molar-refractivity contribution in [3.05, 3.63) is 33.1 Å². The Morgan fingerprint density at radius 3 is 2.02 bits per heavy atom. The van der Waals surface area contributed by atoms with Gasteiger partial charge in [-0.05, 0) is 44.1 Å². The average molecular weight is 1200 g/mol. The van der Waals surface area contributed by atoms with Crippen LogP contribution in [-0.4, -0.2) is 208 Å². The molecule has 1 aromatic rings. The van der Waals surface area contributed by atoms with E-state index in [2.05, 4.69) is 41.9 Å². The average Bonchev–Trinajstić information content (AvgIpc) is 2.49. The molecule has 3 aliphatic rings. The summed E-state index contributed by atoms with van der Waals surface area (Å²) >= 11 is 0. The Bertz CT molecular complexity index is 2460. The summed E-state index contributed by atoms with van der Waals surface area (Å²) in [5.74, 6) is -6.49. The zero-order chi connectivity index (χ0) is 62.2. The van der Waals surface area contributed by atoms with Crippen molar-refractivity contribution >= 4 is 47.7 Å². The number of carboxylic acids is 2. The molecule has 84 heavy (non-hydrogen) atoms. The number of aliphatic hydroxyl groups is 3. The largest absolute Gasteiger partial charge is 0.480 e. The van der Waals surface area contributed by atoms with Gasteiger partial charge in [-0.25, -0.2) is 14.4 Å². The van der Waals surface area contributed by atoms with Crippen LogP contribution in [0, 0.1) is 11.8 Å². The molecule has 0 saturated carbocycles. The summed E-state index contributed by atoms with van der Waals surface area (Å²) in [6, 6.07) is -7.32. The number of carboxylic acid groups (broad SMARTS) is 2. The number of esters is 1. The van der Waals surface area contributed by atoms with Gasteiger partial charge in [-0.15, -0.1) is 0 Å². The summed E-state index contributed by atoms with van der Waals surface area (Å²) in [5, 5.41) is 69.8. The second-order valence-corrected chi connectivity index (χ2v) is 21.7. The van der Waals surface area contributed by atoms with E-state index >= 15 is 0 Å². The Labute approximate surface area is 486 Å². The molecule has 0 radical (unpaired) electrons. The normalized spacial score (nSPS) is 24.4. The molecule has 4 heterocycles. The fraction of sp³-hybridized carbons (Fsp3) is 0.769. The van der Waals surface area contributed by atoms with Crippen LogP contribution in [0.3, 0.4) is 0 Å². The number of guanidine groups is 2. The first kappa shape index (κ1) is 70.0. The number of ether oxygens (including phenoxy) is 5. The Morgan fingerprint density at radius 1 is 0.810 bits per heavy atom. The number of aliphatic hydroxyl groups excluding tert-OH is 3. The van der Waals surface area contributed by atoms with E-state index < -0.39 is 150 Å². The van der Waals surface area contributed by atoms with Crippen LogP contribution in [0.5, 0.6) is 0 Å². The third kappa shape index (κ3) is 21.2. The van der Waals surface area contributed by atoms with Gasteiger partial charge in [0.15, 0.2) is 24.4 Å². The Balaban J connectivity index is 1.53. The zero-order valence-electron chi connectivity index (χ0n) is 48.4. The first-order chi connectivity index (χ1) is 39.9. The van der Waals surface area contributed by atoms with Crippen LogP contribution in [0.15, 0.2) is 31.8 Å². The molecule has 1 aromatic heterocycles. The van der Waals surface area contributed by atoms with Gasteiger partial charge in [0.1, 0.15) is 73.0 Å². The molecule has 15 atom stereocenters. The first-order valence-corrected chi connectivity index (χ1v) is 28.6. The quantitative estimate of drug-likeness (QED) is 0.0132. The lowest BCUT2D eigenvalue weighted by atomic mass is 9.96. The number of amides is 4. The molecule has 0 aliphatic carbocycles. The number of nitrogens with one attached hydrogen (secondary N) is 7. The topological polar surface area (TPSA) is 506 Å². The van der Waals surface area contributed by atoms with Crippen LogP contribution in [-0.2, 0) is 47.7 Å². The summed E-state index contributed by atoms with van der Waals surface area (Å²) in [4.78, 5) is 116. The van der Waals surface area contributed by atoms with Crippen molar-refractivity contribution in [3.63, 3.8) is 0 Å². The molecule has 0 spiro atoms. The SMILES string of the molecule is CO[C@H]1[C@H](OC(C(NCCCNC(=O)[C@@H](NC(=O)[C@@H](NC(=O)N[C@H](C(=O)O)C(C)C)[C@@H]2CCN=C(N)N2)[C@@H](OC(=O)CCCCCCCCCCCCN=C(N)N)C(C)C)C(=O)O)[C@H]2O[C@@H](n3ccc(=O)[nH]c3=O)[C@H](O)[C@@H]2O)O[C@H](CN)[C@H]1O. The van der Waals surface area contributed by atoms with Crippen molar-refractivity contribution in [2.75, 3.05) is 39.8 Å². The minimum absolute atomic E-state index is 0.000653. The van der Waals surface area contributed by atoms with Crippen molar-refractivity contribution in [3.8, 4) is 0 Å². The maximum absolute atomic E-state index is 14.6. The maximum atomic E-state index is 14.6. The molecule has 0 aromatic carbocycles. The monoisotopic (exact) mass is 1200 g/mol. The first-order valence-electron chi connectivity index (χ1n) is 28.6. The van der Waals surface area contributed by atoms with E-state index in [1.165, 1.54) is 7.11 Å². The number of carbonyl (C=O) groups is 6. The van der Waals surface area contributed by atoms with Gasteiger partial charge in [0, 0.05) is 52.0 Å². The lowest BCUT2D eigenvalue weighted by Crippen LogP contribution is -2.66. The summed E-state index contributed by atoms with van der Waals surface area (Å²) in [6.07, 6.45) is -5.15. The van der Waals surface area contributed by atoms with Gasteiger partial charge in [-0.3, -0.25) is 43.5 Å². The number of hydrogen-bond acceptors (Lipinski definition) is 22. The highest BCUT2D eigenvalue weighted by Crippen LogP contribution is 2.35. The maximum Gasteiger partial charge on any atom is 0.330 e. The predicted molar refractivity (Wildman–Crippen MR) is 302 cm³/mol. The second kappa shape index (κ2) is 35.1. The van der Waals surface area contributed by atoms with Crippen LogP contribution in [0.2, 0.25) is 0 Å². The van der Waals surface area contributed by atoms with E-state index in [0.717, 1.165) is 74.6 Å². The van der Waals surface area contributed by atoms with Gasteiger partial charge < -0.3 is 104 Å². The number of unbranched alkanes of at least 4 members (excludes halogenated alkanes) is 9. The van der Waals surface area contributed by atoms with Crippen LogP contribution in [0.1, 0.15) is 117 Å². The fourth-order valence-corrected chi connectivity index (χ4v) is 10.00. The van der Waals surface area contributed by atoms with Crippen molar-refractivity contribution in [2.45, 2.75) is 203 Å². The van der Waals surface area contributed by atoms with Gasteiger partial charge in [-0.1, -0.05) is 79.1 Å². The number of rotatable bonds is 37. The summed E-state index contributed by atoms with van der Waals surface area (Å²) in [5.41, 5.74) is 20.7. The fourth-order valence-electron chi connectivity index (χ4n) is 10.00. The van der Waals surface area contributed by atoms with Gasteiger partial charge >= 0.3 is 29.6 Å². The van der Waals surface area contributed by atoms with Gasteiger partial charge in [0.2, 0.25) is 11.8 Å². The van der Waals surface area contributed by atoms with Gasteiger partial charge in [-0.2, -0.15) is 0 Å². The van der Waals surface area contributed by atoms with Crippen molar-refractivity contribution in [2.24, 2.45) is 44.8 Å². The third-order valence-electron chi connectivity index (χ3n) is 14.6. The molecule has 32 heteroatoms. The molecule has 476 valence electrons. The Morgan fingerprint density at radius 2 is 1.45 bits per heavy atom. The molecule has 2 fully saturated rings. The van der Waals surface area contributed by atoms with E-state index in [0.29, 0.717) is 13.0 Å². The number of methoxy groups -OCH3 is 1. The number of aromatic amines is 1. The molecule has 4 rings (SSSR count). The van der Waals surface area contributed by atoms with E-state index in [1.54, 1.807) is 27.7 Å². The minimum Gasteiger partial charge on any atom is -0.480 e. The Hall–Kier alpha value is -6.52. The second-order valence-electron chi connectivity index (χ2n) is 21.7. The highest BCUT2D eigenvalue weighted by Gasteiger charge is 2.54. The van der Waals surface area contributed by atoms with Gasteiger partial charge in [0.05, 0.1) is 6.04 Å². The molecule has 32 nitrogen and oxygen atoms in total. The summed E-state index contributed by atoms with van der Waals surface area (Å²) in [7, 11) is 1.23. The summed E-state index contributed by atoms with van der Waals surface area (Å²) in [6.45, 7) is 6.56. The number of H-pyrrole nitrogens is 1. The van der Waals surface area contributed by atoms with E-state index in [1.807, 2.05) is 4.98 Å². The van der Waals surface area contributed by atoms with E-state index in [-0.39, 0.29) is 57.4 Å². The molecular weight excluding hydrogens is 1110 g/mol. The Kier molecular flexibility index (Phi) is 29.2. The number of nitrogens with zero attached hydrogens (tertiary/aromatic N) is 3. The van der Waals surface area contributed by atoms with Crippen molar-refractivity contribution < 1.29 is 78.0 Å². The number of hydrogen-bond donors (Lipinski definition) is 16. The molecule has 0 bridgehead atoms. The summed E-state index contributed by atoms with van der Waals surface area (Å²) < 4.78 is 30.0. The molecule has 2 saturated heterocycles. The van der Waals surface area contributed by atoms with Crippen LogP contribution < -0.4 is 66.1 Å². The lowest BCUT2D eigenvalue weighted by molar-refractivity contribution is -0.231. The molecule has 2 unspecified atom stereocenters. The number of aromatic nitrogens is 2. The minimum atomic E-state index is -1.94. The van der Waals surface area contributed by atoms with Gasteiger partial charge in [0.25, 0.3) is 5.56 Å². The van der Waals surface area contributed by atoms with Crippen LogP contribution in [0.25, 0.3) is 0 Å². The lowest BCUT2D eigenvalue weighted by Gasteiger charge is -2.34. The molecular formula is C52H90N14O18. The number of urea groups is 1. The van der Waals surface area contributed by atoms with E-state index in [9.17, 15) is 63.9 Å². The number of carbonyl (C=O) groups excluding carboxylic acids is 4. The van der Waals surface area contributed by atoms with Crippen LogP contribution >= 0.6 is 0 Å². The van der Waals surface area contributed by atoms with E-state index in [4.69, 9.17) is 46.6 Å². The highest BCUT2D eigenvalue weighted by atomic mass is 16.7. The molecule has 20 N–H and O–H groups in total. The van der Waals surface area contributed by atoms with Crippen molar-refractivity contribution in [1.82, 2.24) is 41.5 Å². The molecule has 4 amide bonds. The number of aliphatic imine (C=N–C) groups is 2. The van der Waals surface area contributed by atoms with Crippen LogP contribution in [0.4, 0.5) is 4.79 Å². The number of aliphatic carboxylic acids is 2. The smallest absolute Gasteiger partial charge is 0.330 e.